The lowest BCUT2D eigenvalue weighted by molar-refractivity contribution is 0.466. The van der Waals surface area contributed by atoms with Gasteiger partial charge in [0.15, 0.2) is 0 Å². The SMILES string of the molecule is NC1(c2cccc3c(Br)cccc23)CCCC1. The lowest BCUT2D eigenvalue weighted by Crippen LogP contribution is -2.33. The number of hydrogen-bond donors (Lipinski definition) is 1. The van der Waals surface area contributed by atoms with E-state index in [0.717, 1.165) is 17.3 Å². The monoisotopic (exact) mass is 289 g/mol. The van der Waals surface area contributed by atoms with Gasteiger partial charge in [-0.3, -0.25) is 0 Å². The summed E-state index contributed by atoms with van der Waals surface area (Å²) < 4.78 is 1.15. The second kappa shape index (κ2) is 4.11. The number of benzene rings is 2. The minimum atomic E-state index is -0.111. The van der Waals surface area contributed by atoms with Gasteiger partial charge in [0.25, 0.3) is 0 Å². The molecule has 0 aromatic heterocycles. The molecular weight excluding hydrogens is 274 g/mol. The Balaban J connectivity index is 2.26. The molecule has 2 aromatic rings. The second-order valence-corrected chi connectivity index (χ2v) is 5.86. The van der Waals surface area contributed by atoms with Gasteiger partial charge < -0.3 is 5.73 Å². The van der Waals surface area contributed by atoms with Crippen molar-refractivity contribution in [3.05, 3.63) is 46.4 Å². The molecule has 2 N–H and O–H groups in total. The second-order valence-electron chi connectivity index (χ2n) is 5.00. The molecule has 0 radical (unpaired) electrons. The van der Waals surface area contributed by atoms with Crippen LogP contribution < -0.4 is 5.73 Å². The number of fused-ring (bicyclic) bond motifs is 1. The van der Waals surface area contributed by atoms with Crippen LogP contribution in [0.2, 0.25) is 0 Å². The third kappa shape index (κ3) is 1.80. The van der Waals surface area contributed by atoms with Gasteiger partial charge in [0.1, 0.15) is 0 Å². The molecule has 1 aliphatic carbocycles. The van der Waals surface area contributed by atoms with Crippen LogP contribution in [0.15, 0.2) is 40.9 Å². The van der Waals surface area contributed by atoms with Crippen LogP contribution in [0.3, 0.4) is 0 Å². The summed E-state index contributed by atoms with van der Waals surface area (Å²) in [6, 6.07) is 12.8. The molecule has 17 heavy (non-hydrogen) atoms. The summed E-state index contributed by atoms with van der Waals surface area (Å²) in [5.74, 6) is 0. The molecule has 0 spiro atoms. The van der Waals surface area contributed by atoms with Crippen LogP contribution in [-0.4, -0.2) is 0 Å². The van der Waals surface area contributed by atoms with E-state index in [4.69, 9.17) is 5.73 Å². The fourth-order valence-electron chi connectivity index (χ4n) is 2.98. The molecule has 0 bridgehead atoms. The molecule has 1 saturated carbocycles. The third-order valence-corrected chi connectivity index (χ3v) is 4.59. The summed E-state index contributed by atoms with van der Waals surface area (Å²) in [6.07, 6.45) is 4.72. The van der Waals surface area contributed by atoms with Crippen molar-refractivity contribution in [1.82, 2.24) is 0 Å². The number of halogens is 1. The molecule has 2 aromatic carbocycles. The van der Waals surface area contributed by atoms with Crippen LogP contribution in [0.1, 0.15) is 31.2 Å². The highest BCUT2D eigenvalue weighted by atomic mass is 79.9. The van der Waals surface area contributed by atoms with E-state index in [-0.39, 0.29) is 5.54 Å². The van der Waals surface area contributed by atoms with Gasteiger partial charge in [-0.2, -0.15) is 0 Å². The zero-order valence-corrected chi connectivity index (χ0v) is 11.3. The summed E-state index contributed by atoms with van der Waals surface area (Å²) >= 11 is 3.62. The Labute approximate surface area is 110 Å². The van der Waals surface area contributed by atoms with Gasteiger partial charge in [0, 0.05) is 10.0 Å². The van der Waals surface area contributed by atoms with Crippen molar-refractivity contribution in [2.24, 2.45) is 5.73 Å². The summed E-state index contributed by atoms with van der Waals surface area (Å²) in [5.41, 5.74) is 7.78. The Morgan fingerprint density at radius 3 is 2.35 bits per heavy atom. The molecule has 0 unspecified atom stereocenters. The van der Waals surface area contributed by atoms with Gasteiger partial charge in [-0.05, 0) is 35.2 Å². The highest BCUT2D eigenvalue weighted by Gasteiger charge is 2.32. The highest BCUT2D eigenvalue weighted by molar-refractivity contribution is 9.10. The molecule has 1 fully saturated rings. The van der Waals surface area contributed by atoms with E-state index in [1.165, 1.54) is 29.2 Å². The van der Waals surface area contributed by atoms with Crippen molar-refractivity contribution in [3.8, 4) is 0 Å². The maximum atomic E-state index is 6.58. The molecule has 0 atom stereocenters. The van der Waals surface area contributed by atoms with Crippen LogP contribution >= 0.6 is 15.9 Å². The largest absolute Gasteiger partial charge is 0.321 e. The van der Waals surface area contributed by atoms with Crippen molar-refractivity contribution in [2.45, 2.75) is 31.2 Å². The number of rotatable bonds is 1. The fraction of sp³-hybridized carbons (Fsp3) is 0.333. The van der Waals surface area contributed by atoms with Crippen LogP contribution in [0.25, 0.3) is 10.8 Å². The standard InChI is InChI=1S/C15H16BrN/c16-14-8-4-5-11-12(14)6-3-7-13(11)15(17)9-1-2-10-15/h3-8H,1-2,9-10,17H2. The fourth-order valence-corrected chi connectivity index (χ4v) is 3.48. The summed E-state index contributed by atoms with van der Waals surface area (Å²) in [7, 11) is 0. The first kappa shape index (κ1) is 11.2. The molecule has 88 valence electrons. The number of nitrogens with two attached hydrogens (primary N) is 1. The highest BCUT2D eigenvalue weighted by Crippen LogP contribution is 2.40. The summed E-state index contributed by atoms with van der Waals surface area (Å²) in [4.78, 5) is 0. The maximum Gasteiger partial charge on any atom is 0.0415 e. The predicted octanol–water partition coefficient (Wildman–Crippen LogP) is 4.33. The molecule has 2 heteroatoms. The lowest BCUT2D eigenvalue weighted by Gasteiger charge is -2.26. The maximum absolute atomic E-state index is 6.58. The van der Waals surface area contributed by atoms with Gasteiger partial charge in [-0.15, -0.1) is 0 Å². The van der Waals surface area contributed by atoms with Crippen LogP contribution in [0, 0.1) is 0 Å². The van der Waals surface area contributed by atoms with E-state index in [0.29, 0.717) is 0 Å². The Morgan fingerprint density at radius 2 is 1.59 bits per heavy atom. The lowest BCUT2D eigenvalue weighted by atomic mass is 9.86. The minimum Gasteiger partial charge on any atom is -0.321 e. The smallest absolute Gasteiger partial charge is 0.0415 e. The average Bonchev–Trinajstić information content (AvgIpc) is 2.77. The normalized spacial score (nSPS) is 18.7. The van der Waals surface area contributed by atoms with Gasteiger partial charge in [0.2, 0.25) is 0 Å². The van der Waals surface area contributed by atoms with Crippen molar-refractivity contribution in [3.63, 3.8) is 0 Å². The van der Waals surface area contributed by atoms with Gasteiger partial charge in [-0.25, -0.2) is 0 Å². The van der Waals surface area contributed by atoms with Crippen LogP contribution in [0.5, 0.6) is 0 Å². The molecule has 0 aliphatic heterocycles. The van der Waals surface area contributed by atoms with Gasteiger partial charge >= 0.3 is 0 Å². The zero-order chi connectivity index (χ0) is 11.9. The quantitative estimate of drug-likeness (QED) is 0.831. The molecule has 1 nitrogen and oxygen atoms in total. The van der Waals surface area contributed by atoms with E-state index in [1.807, 2.05) is 0 Å². The molecule has 0 saturated heterocycles. The zero-order valence-electron chi connectivity index (χ0n) is 9.75. The Bertz CT molecular complexity index is 556. The topological polar surface area (TPSA) is 26.0 Å². The van der Waals surface area contributed by atoms with E-state index >= 15 is 0 Å². The van der Waals surface area contributed by atoms with E-state index in [2.05, 4.69) is 52.3 Å². The Kier molecular flexibility index (Phi) is 2.72. The van der Waals surface area contributed by atoms with E-state index in [9.17, 15) is 0 Å². The Hall–Kier alpha value is -0.860. The first-order valence-electron chi connectivity index (χ1n) is 6.17. The molecule has 3 rings (SSSR count). The third-order valence-electron chi connectivity index (χ3n) is 3.90. The van der Waals surface area contributed by atoms with E-state index < -0.39 is 0 Å². The Morgan fingerprint density at radius 1 is 0.941 bits per heavy atom. The number of hydrogen-bond acceptors (Lipinski definition) is 1. The van der Waals surface area contributed by atoms with E-state index in [1.54, 1.807) is 0 Å². The minimum absolute atomic E-state index is 0.111. The average molecular weight is 290 g/mol. The summed E-state index contributed by atoms with van der Waals surface area (Å²) in [6.45, 7) is 0. The van der Waals surface area contributed by atoms with Crippen molar-refractivity contribution >= 4 is 26.7 Å². The molecular formula is C15H16BrN. The first-order chi connectivity index (χ1) is 8.21. The summed E-state index contributed by atoms with van der Waals surface area (Å²) in [5, 5.41) is 2.56. The predicted molar refractivity (Wildman–Crippen MR) is 76.0 cm³/mol. The first-order valence-corrected chi connectivity index (χ1v) is 6.97. The van der Waals surface area contributed by atoms with Crippen molar-refractivity contribution in [1.29, 1.82) is 0 Å². The molecule has 0 heterocycles. The van der Waals surface area contributed by atoms with Crippen molar-refractivity contribution < 1.29 is 0 Å². The molecule has 0 amide bonds. The van der Waals surface area contributed by atoms with Gasteiger partial charge in [0.05, 0.1) is 0 Å². The molecule has 1 aliphatic rings. The van der Waals surface area contributed by atoms with Crippen LogP contribution in [0.4, 0.5) is 0 Å². The van der Waals surface area contributed by atoms with Crippen LogP contribution in [-0.2, 0) is 5.54 Å². The van der Waals surface area contributed by atoms with Crippen molar-refractivity contribution in [2.75, 3.05) is 0 Å². The van der Waals surface area contributed by atoms with Gasteiger partial charge in [-0.1, -0.05) is 59.1 Å².